The zero-order chi connectivity index (χ0) is 16.9. The predicted octanol–water partition coefficient (Wildman–Crippen LogP) is 3.67. The van der Waals surface area contributed by atoms with E-state index in [0.29, 0.717) is 29.8 Å². The summed E-state index contributed by atoms with van der Waals surface area (Å²) in [7, 11) is 0. The molecule has 1 aliphatic heterocycles. The van der Waals surface area contributed by atoms with Gasteiger partial charge in [-0.15, -0.1) is 0 Å². The molecule has 0 radical (unpaired) electrons. The van der Waals surface area contributed by atoms with Crippen LogP contribution in [0.4, 0.5) is 0 Å². The highest BCUT2D eigenvalue weighted by Crippen LogP contribution is 2.30. The van der Waals surface area contributed by atoms with Gasteiger partial charge in [0.05, 0.1) is 6.42 Å². The molecule has 0 unspecified atom stereocenters. The molecule has 24 heavy (non-hydrogen) atoms. The Morgan fingerprint density at radius 3 is 2.62 bits per heavy atom. The maximum absolute atomic E-state index is 12.0. The Morgan fingerprint density at radius 2 is 1.83 bits per heavy atom. The quantitative estimate of drug-likeness (QED) is 0.879. The molecule has 0 atom stereocenters. The van der Waals surface area contributed by atoms with Crippen molar-refractivity contribution in [3.8, 4) is 11.5 Å². The first-order valence-electron chi connectivity index (χ1n) is 7.71. The van der Waals surface area contributed by atoms with E-state index in [4.69, 9.17) is 32.7 Å². The lowest BCUT2D eigenvalue weighted by Gasteiger charge is -2.18. The molecule has 1 heterocycles. The zero-order valence-electron chi connectivity index (χ0n) is 13.0. The summed E-state index contributed by atoms with van der Waals surface area (Å²) in [6.45, 7) is 1.69. The summed E-state index contributed by atoms with van der Waals surface area (Å²) >= 11 is 11.9. The van der Waals surface area contributed by atoms with Crippen molar-refractivity contribution in [2.75, 3.05) is 19.8 Å². The number of benzene rings is 2. The van der Waals surface area contributed by atoms with Gasteiger partial charge in [0.2, 0.25) is 5.91 Å². The maximum Gasteiger partial charge on any atom is 0.224 e. The van der Waals surface area contributed by atoms with E-state index in [1.54, 1.807) is 18.2 Å². The van der Waals surface area contributed by atoms with E-state index in [-0.39, 0.29) is 12.3 Å². The van der Waals surface area contributed by atoms with Gasteiger partial charge in [-0.05, 0) is 41.8 Å². The second-order valence-electron chi connectivity index (χ2n) is 5.49. The zero-order valence-corrected chi connectivity index (χ0v) is 14.5. The van der Waals surface area contributed by atoms with Crippen LogP contribution in [0.25, 0.3) is 0 Å². The molecule has 2 aromatic carbocycles. The minimum atomic E-state index is -0.0724. The fourth-order valence-corrected chi connectivity index (χ4v) is 2.97. The summed E-state index contributed by atoms with van der Waals surface area (Å²) in [6.07, 6.45) is 0.952. The van der Waals surface area contributed by atoms with E-state index in [1.807, 2.05) is 18.2 Å². The lowest BCUT2D eigenvalue weighted by atomic mass is 10.1. The predicted molar refractivity (Wildman–Crippen MR) is 94.3 cm³/mol. The third kappa shape index (κ3) is 4.34. The molecule has 0 saturated carbocycles. The van der Waals surface area contributed by atoms with Gasteiger partial charge in [-0.3, -0.25) is 4.79 Å². The lowest BCUT2D eigenvalue weighted by Crippen LogP contribution is -2.27. The molecule has 0 aliphatic carbocycles. The third-order valence-corrected chi connectivity index (χ3v) is 4.30. The molecule has 0 spiro atoms. The van der Waals surface area contributed by atoms with Crippen LogP contribution in [-0.4, -0.2) is 25.7 Å². The van der Waals surface area contributed by atoms with Gasteiger partial charge in [0.25, 0.3) is 0 Å². The highest BCUT2D eigenvalue weighted by atomic mass is 35.5. The molecule has 126 valence electrons. The van der Waals surface area contributed by atoms with E-state index in [9.17, 15) is 4.79 Å². The summed E-state index contributed by atoms with van der Waals surface area (Å²) < 4.78 is 11.0. The summed E-state index contributed by atoms with van der Waals surface area (Å²) in [4.78, 5) is 12.0. The number of amides is 1. The molecule has 1 amide bonds. The van der Waals surface area contributed by atoms with E-state index in [0.717, 1.165) is 29.0 Å². The molecule has 0 fully saturated rings. The SMILES string of the molecule is O=C(Cc1ccc(Cl)cc1Cl)NCCc1ccc2c(c1)OCCO2. The summed E-state index contributed by atoms with van der Waals surface area (Å²) in [5.74, 6) is 1.46. The van der Waals surface area contributed by atoms with Gasteiger partial charge in [0.15, 0.2) is 11.5 Å². The molecular formula is C18H17Cl2NO3. The van der Waals surface area contributed by atoms with E-state index in [2.05, 4.69) is 5.32 Å². The van der Waals surface area contributed by atoms with Crippen LogP contribution < -0.4 is 14.8 Å². The van der Waals surface area contributed by atoms with Gasteiger partial charge >= 0.3 is 0 Å². The number of carbonyl (C=O) groups excluding carboxylic acids is 1. The average molecular weight is 366 g/mol. The van der Waals surface area contributed by atoms with Crippen molar-refractivity contribution in [1.29, 1.82) is 0 Å². The van der Waals surface area contributed by atoms with Crippen LogP contribution in [0, 0.1) is 0 Å². The molecule has 3 rings (SSSR count). The number of halogens is 2. The van der Waals surface area contributed by atoms with Gasteiger partial charge in [-0.25, -0.2) is 0 Å². The molecule has 2 aromatic rings. The van der Waals surface area contributed by atoms with Crippen molar-refractivity contribution in [1.82, 2.24) is 5.32 Å². The largest absolute Gasteiger partial charge is 0.486 e. The normalized spacial score (nSPS) is 12.8. The average Bonchev–Trinajstić information content (AvgIpc) is 2.57. The highest BCUT2D eigenvalue weighted by molar-refractivity contribution is 6.35. The number of hydrogen-bond donors (Lipinski definition) is 1. The van der Waals surface area contributed by atoms with Crippen LogP contribution >= 0.6 is 23.2 Å². The van der Waals surface area contributed by atoms with Gasteiger partial charge in [-0.1, -0.05) is 35.3 Å². The monoisotopic (exact) mass is 365 g/mol. The van der Waals surface area contributed by atoms with Crippen LogP contribution in [0.15, 0.2) is 36.4 Å². The summed E-state index contributed by atoms with van der Waals surface area (Å²) in [5.41, 5.74) is 1.85. The van der Waals surface area contributed by atoms with Gasteiger partial charge in [-0.2, -0.15) is 0 Å². The molecule has 6 heteroatoms. The van der Waals surface area contributed by atoms with Gasteiger partial charge < -0.3 is 14.8 Å². The van der Waals surface area contributed by atoms with E-state index in [1.165, 1.54) is 0 Å². The second-order valence-corrected chi connectivity index (χ2v) is 6.33. The van der Waals surface area contributed by atoms with Crippen molar-refractivity contribution in [3.05, 3.63) is 57.6 Å². The number of ether oxygens (including phenoxy) is 2. The van der Waals surface area contributed by atoms with Crippen molar-refractivity contribution in [2.45, 2.75) is 12.8 Å². The highest BCUT2D eigenvalue weighted by Gasteiger charge is 2.12. The van der Waals surface area contributed by atoms with Crippen LogP contribution in [0.1, 0.15) is 11.1 Å². The Balaban J connectivity index is 1.50. The molecule has 1 N–H and O–H groups in total. The third-order valence-electron chi connectivity index (χ3n) is 3.71. The Morgan fingerprint density at radius 1 is 1.04 bits per heavy atom. The van der Waals surface area contributed by atoms with E-state index >= 15 is 0 Å². The fraction of sp³-hybridized carbons (Fsp3) is 0.278. The molecule has 0 aromatic heterocycles. The number of rotatable bonds is 5. The van der Waals surface area contributed by atoms with Gasteiger partial charge in [0, 0.05) is 16.6 Å². The Bertz CT molecular complexity index is 749. The number of carbonyl (C=O) groups is 1. The number of hydrogen-bond acceptors (Lipinski definition) is 3. The van der Waals surface area contributed by atoms with Crippen molar-refractivity contribution in [3.63, 3.8) is 0 Å². The van der Waals surface area contributed by atoms with Crippen molar-refractivity contribution < 1.29 is 14.3 Å². The molecule has 0 bridgehead atoms. The van der Waals surface area contributed by atoms with Crippen LogP contribution in [-0.2, 0) is 17.6 Å². The first kappa shape index (κ1) is 16.9. The Labute approximate surface area is 150 Å². The van der Waals surface area contributed by atoms with Crippen molar-refractivity contribution in [2.24, 2.45) is 0 Å². The first-order chi connectivity index (χ1) is 11.6. The van der Waals surface area contributed by atoms with Crippen molar-refractivity contribution >= 4 is 29.1 Å². The summed E-state index contributed by atoms with van der Waals surface area (Å²) in [5, 5.41) is 3.96. The molecule has 0 saturated heterocycles. The lowest BCUT2D eigenvalue weighted by molar-refractivity contribution is -0.120. The molecule has 1 aliphatic rings. The molecule has 4 nitrogen and oxygen atoms in total. The Kier molecular flexibility index (Phi) is 5.48. The minimum Gasteiger partial charge on any atom is -0.486 e. The first-order valence-corrected chi connectivity index (χ1v) is 8.46. The Hall–Kier alpha value is -1.91. The van der Waals surface area contributed by atoms with Crippen LogP contribution in [0.3, 0.4) is 0 Å². The van der Waals surface area contributed by atoms with E-state index < -0.39 is 0 Å². The minimum absolute atomic E-state index is 0.0724. The fourth-order valence-electron chi connectivity index (χ4n) is 2.49. The van der Waals surface area contributed by atoms with Gasteiger partial charge in [0.1, 0.15) is 13.2 Å². The number of fused-ring (bicyclic) bond motifs is 1. The number of nitrogens with one attached hydrogen (secondary N) is 1. The second kappa shape index (κ2) is 7.77. The molecular weight excluding hydrogens is 349 g/mol. The van der Waals surface area contributed by atoms with Crippen LogP contribution in [0.2, 0.25) is 10.0 Å². The topological polar surface area (TPSA) is 47.6 Å². The maximum atomic E-state index is 12.0. The summed E-state index contributed by atoms with van der Waals surface area (Å²) in [6, 6.07) is 11.0. The standard InChI is InChI=1S/C18H17Cl2NO3/c19-14-3-2-13(15(20)11-14)10-18(22)21-6-5-12-1-4-16-17(9-12)24-8-7-23-16/h1-4,9,11H,5-8,10H2,(H,21,22). The van der Waals surface area contributed by atoms with Crippen LogP contribution in [0.5, 0.6) is 11.5 Å². The smallest absolute Gasteiger partial charge is 0.224 e.